The fourth-order valence-electron chi connectivity index (χ4n) is 1.82. The van der Waals surface area contributed by atoms with E-state index >= 15 is 0 Å². The fourth-order valence-corrected chi connectivity index (χ4v) is 2.39. The van der Waals surface area contributed by atoms with Gasteiger partial charge in [-0.3, -0.25) is 0 Å². The van der Waals surface area contributed by atoms with Crippen LogP contribution in [0.4, 0.5) is 0 Å². The Morgan fingerprint density at radius 2 is 2.20 bits per heavy atom. The van der Waals surface area contributed by atoms with Gasteiger partial charge in [-0.1, -0.05) is 12.1 Å². The third kappa shape index (κ3) is 3.66. The van der Waals surface area contributed by atoms with Gasteiger partial charge in [0.2, 0.25) is 10.0 Å². The summed E-state index contributed by atoms with van der Waals surface area (Å²) in [5.74, 6) is 1.35. The van der Waals surface area contributed by atoms with Crippen LogP contribution in [0.25, 0.3) is 0 Å². The lowest BCUT2D eigenvalue weighted by Gasteiger charge is -2.14. The van der Waals surface area contributed by atoms with E-state index in [2.05, 4.69) is 10.3 Å². The Kier molecular flexibility index (Phi) is 4.22. The molecule has 0 saturated heterocycles. The molecule has 0 fully saturated rings. The Hall–Kier alpha value is -1.70. The minimum atomic E-state index is -3.68. The normalized spacial score (nSPS) is 13.3. The van der Waals surface area contributed by atoms with Crippen LogP contribution in [0, 0.1) is 6.92 Å². The number of nitrogens with one attached hydrogen (secondary N) is 1. The molecule has 108 valence electrons. The van der Waals surface area contributed by atoms with E-state index in [9.17, 15) is 8.42 Å². The Morgan fingerprint density at radius 1 is 1.45 bits per heavy atom. The first-order chi connectivity index (χ1) is 9.36. The van der Waals surface area contributed by atoms with E-state index in [0.29, 0.717) is 12.4 Å². The molecule has 0 bridgehead atoms. The lowest BCUT2D eigenvalue weighted by Crippen LogP contribution is -2.19. The molecule has 0 radical (unpaired) electrons. The second-order valence-electron chi connectivity index (χ2n) is 4.57. The van der Waals surface area contributed by atoms with Crippen molar-refractivity contribution in [3.05, 3.63) is 47.7 Å². The molecular formula is C13H17N3O3S. The van der Waals surface area contributed by atoms with E-state index in [1.54, 1.807) is 25.3 Å². The first kappa shape index (κ1) is 14.7. The molecule has 1 aromatic carbocycles. The number of sulfonamides is 1. The lowest BCUT2D eigenvalue weighted by atomic mass is 10.1. The molecule has 6 nitrogen and oxygen atoms in total. The molecule has 0 saturated carbocycles. The summed E-state index contributed by atoms with van der Waals surface area (Å²) in [6, 6.07) is 6.52. The van der Waals surface area contributed by atoms with Gasteiger partial charge >= 0.3 is 0 Å². The summed E-state index contributed by atoms with van der Waals surface area (Å²) < 4.78 is 28.0. The number of hydrogen-bond acceptors (Lipinski definition) is 5. The summed E-state index contributed by atoms with van der Waals surface area (Å²) in [6.45, 7) is 4.23. The maximum atomic E-state index is 11.3. The molecule has 1 atom stereocenters. The summed E-state index contributed by atoms with van der Waals surface area (Å²) in [5, 5.41) is 8.36. The van der Waals surface area contributed by atoms with Crippen molar-refractivity contribution in [1.82, 2.24) is 10.3 Å². The van der Waals surface area contributed by atoms with Gasteiger partial charge in [0.05, 0.1) is 17.6 Å². The predicted octanol–water partition coefficient (Wildman–Crippen LogP) is 1.48. The van der Waals surface area contributed by atoms with E-state index < -0.39 is 10.0 Å². The van der Waals surface area contributed by atoms with Crippen molar-refractivity contribution in [2.24, 2.45) is 5.14 Å². The molecule has 0 spiro atoms. The number of oxazole rings is 1. The number of aromatic nitrogens is 1. The van der Waals surface area contributed by atoms with E-state index in [1.165, 1.54) is 6.07 Å². The molecule has 1 aromatic heterocycles. The van der Waals surface area contributed by atoms with Crippen molar-refractivity contribution >= 4 is 10.0 Å². The highest BCUT2D eigenvalue weighted by atomic mass is 32.2. The van der Waals surface area contributed by atoms with E-state index in [4.69, 9.17) is 9.56 Å². The second kappa shape index (κ2) is 5.74. The van der Waals surface area contributed by atoms with Gasteiger partial charge in [-0.15, -0.1) is 0 Å². The van der Waals surface area contributed by atoms with Crippen LogP contribution < -0.4 is 10.5 Å². The largest absolute Gasteiger partial charge is 0.445 e. The fraction of sp³-hybridized carbons (Fsp3) is 0.308. The number of primary sulfonamides is 1. The number of nitrogens with two attached hydrogens (primary N) is 1. The Balaban J connectivity index is 2.07. The van der Waals surface area contributed by atoms with Crippen molar-refractivity contribution < 1.29 is 12.8 Å². The third-order valence-corrected chi connectivity index (χ3v) is 3.85. The molecular weight excluding hydrogens is 278 g/mol. The minimum Gasteiger partial charge on any atom is -0.445 e. The molecule has 1 heterocycles. The summed E-state index contributed by atoms with van der Waals surface area (Å²) in [4.78, 5) is 4.12. The molecule has 2 aromatic rings. The number of benzene rings is 1. The van der Waals surface area contributed by atoms with Gasteiger partial charge in [-0.2, -0.15) is 0 Å². The van der Waals surface area contributed by atoms with Gasteiger partial charge in [0.1, 0.15) is 5.76 Å². The van der Waals surface area contributed by atoms with E-state index in [1.807, 2.05) is 13.0 Å². The van der Waals surface area contributed by atoms with Crippen LogP contribution in [0.1, 0.15) is 30.2 Å². The summed E-state index contributed by atoms with van der Waals surface area (Å²) in [7, 11) is -3.68. The molecule has 0 aliphatic heterocycles. The zero-order chi connectivity index (χ0) is 14.8. The quantitative estimate of drug-likeness (QED) is 0.870. The summed E-state index contributed by atoms with van der Waals surface area (Å²) >= 11 is 0. The standard InChI is InChI=1S/C13H17N3O3S/c1-9(15-7-12-8-16-10(2)19-12)11-4-3-5-13(6-11)20(14,17)18/h3-6,8-9,15H,7H2,1-2H3,(H2,14,17,18). The smallest absolute Gasteiger partial charge is 0.238 e. The molecule has 0 amide bonds. The molecule has 2 rings (SSSR count). The van der Waals surface area contributed by atoms with E-state index in [-0.39, 0.29) is 10.9 Å². The monoisotopic (exact) mass is 295 g/mol. The Labute approximate surface area is 118 Å². The van der Waals surface area contributed by atoms with E-state index in [0.717, 1.165) is 11.3 Å². The van der Waals surface area contributed by atoms with Crippen molar-refractivity contribution in [2.45, 2.75) is 31.3 Å². The second-order valence-corrected chi connectivity index (χ2v) is 6.13. The number of hydrogen-bond donors (Lipinski definition) is 2. The third-order valence-electron chi connectivity index (χ3n) is 2.94. The highest BCUT2D eigenvalue weighted by molar-refractivity contribution is 7.89. The number of aryl methyl sites for hydroxylation is 1. The topological polar surface area (TPSA) is 98.2 Å². The highest BCUT2D eigenvalue weighted by Gasteiger charge is 2.12. The van der Waals surface area contributed by atoms with Crippen molar-refractivity contribution in [1.29, 1.82) is 0 Å². The molecule has 3 N–H and O–H groups in total. The number of rotatable bonds is 5. The van der Waals surface area contributed by atoms with Gasteiger partial charge in [0.25, 0.3) is 0 Å². The van der Waals surface area contributed by atoms with Crippen LogP contribution in [0.15, 0.2) is 39.8 Å². The maximum Gasteiger partial charge on any atom is 0.238 e. The van der Waals surface area contributed by atoms with Crippen LogP contribution in [0.2, 0.25) is 0 Å². The van der Waals surface area contributed by atoms with Gasteiger partial charge in [0.15, 0.2) is 5.89 Å². The highest BCUT2D eigenvalue weighted by Crippen LogP contribution is 2.17. The number of nitrogens with zero attached hydrogens (tertiary/aromatic N) is 1. The molecule has 1 unspecified atom stereocenters. The van der Waals surface area contributed by atoms with Crippen molar-refractivity contribution in [2.75, 3.05) is 0 Å². The van der Waals surface area contributed by atoms with Gasteiger partial charge in [0, 0.05) is 13.0 Å². The molecule has 0 aliphatic rings. The van der Waals surface area contributed by atoms with Gasteiger partial charge in [-0.05, 0) is 24.6 Å². The Bertz CT molecular complexity index is 694. The van der Waals surface area contributed by atoms with Crippen LogP contribution in [-0.4, -0.2) is 13.4 Å². The zero-order valence-electron chi connectivity index (χ0n) is 11.3. The van der Waals surface area contributed by atoms with Crippen LogP contribution >= 0.6 is 0 Å². The van der Waals surface area contributed by atoms with Crippen LogP contribution in [0.3, 0.4) is 0 Å². The predicted molar refractivity (Wildman–Crippen MR) is 74.3 cm³/mol. The first-order valence-electron chi connectivity index (χ1n) is 6.14. The van der Waals surface area contributed by atoms with Crippen LogP contribution in [0.5, 0.6) is 0 Å². The summed E-state index contributed by atoms with van der Waals surface area (Å²) in [6.07, 6.45) is 1.66. The summed E-state index contributed by atoms with van der Waals surface area (Å²) in [5.41, 5.74) is 0.841. The first-order valence-corrected chi connectivity index (χ1v) is 7.68. The average Bonchev–Trinajstić information content (AvgIpc) is 2.81. The van der Waals surface area contributed by atoms with Crippen molar-refractivity contribution in [3.63, 3.8) is 0 Å². The van der Waals surface area contributed by atoms with Gasteiger partial charge in [-0.25, -0.2) is 18.5 Å². The molecule has 20 heavy (non-hydrogen) atoms. The Morgan fingerprint density at radius 3 is 2.80 bits per heavy atom. The zero-order valence-corrected chi connectivity index (χ0v) is 12.1. The van der Waals surface area contributed by atoms with Crippen molar-refractivity contribution in [3.8, 4) is 0 Å². The van der Waals surface area contributed by atoms with Crippen LogP contribution in [-0.2, 0) is 16.6 Å². The molecule has 7 heteroatoms. The van der Waals surface area contributed by atoms with Gasteiger partial charge < -0.3 is 9.73 Å². The minimum absolute atomic E-state index is 0.0397. The maximum absolute atomic E-state index is 11.3. The lowest BCUT2D eigenvalue weighted by molar-refractivity contribution is 0.439. The SMILES string of the molecule is Cc1ncc(CNC(C)c2cccc(S(N)(=O)=O)c2)o1. The molecule has 0 aliphatic carbocycles. The average molecular weight is 295 g/mol.